The summed E-state index contributed by atoms with van der Waals surface area (Å²) in [4.78, 5) is 8.13. The number of halogens is 2. The van der Waals surface area contributed by atoms with E-state index < -0.39 is 21.7 Å². The molecule has 35 heavy (non-hydrogen) atoms. The Morgan fingerprint density at radius 2 is 1.91 bits per heavy atom. The maximum Gasteiger partial charge on any atom is 0.213 e. The molecule has 1 aromatic carbocycles. The predicted octanol–water partition coefficient (Wildman–Crippen LogP) is 1.65. The second kappa shape index (κ2) is 10.7. The normalized spacial score (nSPS) is 11.6. The lowest BCUT2D eigenvalue weighted by atomic mass is 10.2. The van der Waals surface area contributed by atoms with Crippen molar-refractivity contribution < 1.29 is 26.8 Å². The molecule has 4 rings (SSSR count). The molecule has 0 unspecified atom stereocenters. The van der Waals surface area contributed by atoms with Gasteiger partial charge in [0.1, 0.15) is 23.5 Å². The van der Waals surface area contributed by atoms with Gasteiger partial charge in [-0.15, -0.1) is 0 Å². The Kier molecular flexibility index (Phi) is 7.43. The Labute approximate surface area is 198 Å². The maximum atomic E-state index is 14.3. The largest absolute Gasteiger partial charge is 0.395 e. The van der Waals surface area contributed by atoms with E-state index in [1.807, 2.05) is 0 Å². The fraction of sp³-hybridized carbons (Fsp3) is 0.238. The summed E-state index contributed by atoms with van der Waals surface area (Å²) in [5.41, 5.74) is 1.60. The van der Waals surface area contributed by atoms with Crippen LogP contribution in [0.2, 0.25) is 0 Å². The van der Waals surface area contributed by atoms with Crippen molar-refractivity contribution in [3.8, 4) is 22.9 Å². The number of anilines is 1. The highest BCUT2D eigenvalue weighted by molar-refractivity contribution is 7.89. The summed E-state index contributed by atoms with van der Waals surface area (Å²) in [5.74, 6) is -1.69. The van der Waals surface area contributed by atoms with Gasteiger partial charge in [0.15, 0.2) is 17.5 Å². The topological polar surface area (TPSA) is 148 Å². The first-order valence-corrected chi connectivity index (χ1v) is 12.1. The zero-order valence-corrected chi connectivity index (χ0v) is 19.0. The van der Waals surface area contributed by atoms with Crippen LogP contribution in [0, 0.1) is 11.6 Å². The van der Waals surface area contributed by atoms with Gasteiger partial charge < -0.3 is 14.9 Å². The highest BCUT2D eigenvalue weighted by Gasteiger charge is 2.18. The van der Waals surface area contributed by atoms with Crippen molar-refractivity contribution in [2.45, 2.75) is 6.54 Å². The lowest BCUT2D eigenvalue weighted by molar-refractivity contribution is 0.301. The van der Waals surface area contributed by atoms with E-state index in [9.17, 15) is 17.2 Å². The first-order valence-electron chi connectivity index (χ1n) is 10.4. The van der Waals surface area contributed by atoms with E-state index in [2.05, 4.69) is 30.3 Å². The van der Waals surface area contributed by atoms with Crippen LogP contribution in [-0.2, 0) is 16.6 Å². The summed E-state index contributed by atoms with van der Waals surface area (Å²) in [7, 11) is -3.65. The number of nitrogens with zero attached hydrogens (tertiary/aromatic N) is 5. The Balaban J connectivity index is 1.59. The molecule has 0 fully saturated rings. The highest BCUT2D eigenvalue weighted by atomic mass is 32.2. The Morgan fingerprint density at radius 3 is 2.66 bits per heavy atom. The van der Waals surface area contributed by atoms with Crippen molar-refractivity contribution >= 4 is 15.8 Å². The molecule has 0 spiro atoms. The molecule has 3 aromatic heterocycles. The third-order valence-corrected chi connectivity index (χ3v) is 6.21. The number of hydrogen-bond donors (Lipinski definition) is 3. The van der Waals surface area contributed by atoms with Crippen molar-refractivity contribution in [1.29, 1.82) is 0 Å². The Bertz CT molecular complexity index is 1390. The van der Waals surface area contributed by atoms with E-state index in [1.165, 1.54) is 17.0 Å². The van der Waals surface area contributed by atoms with Crippen LogP contribution in [0.5, 0.6) is 0 Å². The summed E-state index contributed by atoms with van der Waals surface area (Å²) in [6.45, 7) is -0.506. The summed E-state index contributed by atoms with van der Waals surface area (Å²) < 4.78 is 60.8. The van der Waals surface area contributed by atoms with Crippen LogP contribution in [0.4, 0.5) is 14.6 Å². The minimum Gasteiger partial charge on any atom is -0.395 e. The number of rotatable bonds is 11. The molecule has 0 atom stereocenters. The zero-order chi connectivity index (χ0) is 24.8. The van der Waals surface area contributed by atoms with Crippen LogP contribution in [0.3, 0.4) is 0 Å². The smallest absolute Gasteiger partial charge is 0.213 e. The molecule has 0 aliphatic heterocycles. The molecule has 0 saturated heterocycles. The first kappa shape index (κ1) is 24.4. The van der Waals surface area contributed by atoms with Crippen molar-refractivity contribution in [2.24, 2.45) is 0 Å². The molecular weight excluding hydrogens is 484 g/mol. The van der Waals surface area contributed by atoms with Crippen molar-refractivity contribution in [3.63, 3.8) is 0 Å². The molecule has 0 aliphatic carbocycles. The number of nitrogens with one attached hydrogen (secondary N) is 2. The Morgan fingerprint density at radius 1 is 1.09 bits per heavy atom. The van der Waals surface area contributed by atoms with Gasteiger partial charge in [0.2, 0.25) is 10.0 Å². The van der Waals surface area contributed by atoms with E-state index >= 15 is 0 Å². The number of hydrogen-bond acceptors (Lipinski definition) is 9. The average Bonchev–Trinajstić information content (AvgIpc) is 3.51. The molecule has 0 radical (unpaired) electrons. The van der Waals surface area contributed by atoms with Crippen LogP contribution in [0.1, 0.15) is 5.56 Å². The van der Waals surface area contributed by atoms with Gasteiger partial charge in [-0.05, 0) is 12.1 Å². The molecule has 0 bridgehead atoms. The molecule has 0 aliphatic rings. The molecule has 14 heteroatoms. The minimum atomic E-state index is -3.65. The Hall–Kier alpha value is -3.75. The average molecular weight is 506 g/mol. The van der Waals surface area contributed by atoms with E-state index in [-0.39, 0.29) is 49.3 Å². The summed E-state index contributed by atoms with van der Waals surface area (Å²) in [6.07, 6.45) is 2.32. The molecule has 184 valence electrons. The van der Waals surface area contributed by atoms with Crippen LogP contribution in [-0.4, -0.2) is 63.9 Å². The third-order valence-electron chi connectivity index (χ3n) is 4.83. The second-order valence-corrected chi connectivity index (χ2v) is 9.23. The highest BCUT2D eigenvalue weighted by Crippen LogP contribution is 2.25. The van der Waals surface area contributed by atoms with Gasteiger partial charge in [-0.3, -0.25) is 4.68 Å². The van der Waals surface area contributed by atoms with Gasteiger partial charge in [-0.2, -0.15) is 5.10 Å². The van der Waals surface area contributed by atoms with Gasteiger partial charge in [0, 0.05) is 24.7 Å². The molecule has 3 heterocycles. The molecule has 4 aromatic rings. The SMILES string of the molecule is O=S(=O)(CCNc1nc(-c2cc(-c3ccon3)n(Cc3ccccc3F)n2)ncc1F)NCCO. The standard InChI is InChI=1S/C21H21F2N7O4S/c22-15-4-2-1-3-14(15)13-30-19(17-5-9-34-29-17)11-18(28-30)21-25-12-16(23)20(27-21)24-7-10-35(32,33)26-6-8-31/h1-5,9,11-12,26,31H,6-8,10,13H2,(H,24,25,27). The predicted molar refractivity (Wildman–Crippen MR) is 122 cm³/mol. The number of sulfonamides is 1. The van der Waals surface area contributed by atoms with E-state index in [0.717, 1.165) is 6.20 Å². The molecule has 3 N–H and O–H groups in total. The van der Waals surface area contributed by atoms with E-state index in [0.29, 0.717) is 17.0 Å². The summed E-state index contributed by atoms with van der Waals surface area (Å²) in [5, 5.41) is 19.7. The summed E-state index contributed by atoms with van der Waals surface area (Å²) >= 11 is 0. The van der Waals surface area contributed by atoms with Gasteiger partial charge in [-0.1, -0.05) is 23.4 Å². The number of benzene rings is 1. The third kappa shape index (κ3) is 6.03. The zero-order valence-electron chi connectivity index (χ0n) is 18.2. The fourth-order valence-corrected chi connectivity index (χ4v) is 4.09. The number of aliphatic hydroxyl groups is 1. The quantitative estimate of drug-likeness (QED) is 0.277. The lowest BCUT2D eigenvalue weighted by Gasteiger charge is -2.09. The first-order chi connectivity index (χ1) is 16.9. The monoisotopic (exact) mass is 505 g/mol. The van der Waals surface area contributed by atoms with Crippen LogP contribution in [0.25, 0.3) is 22.9 Å². The fourth-order valence-electron chi connectivity index (χ4n) is 3.18. The molecular formula is C21H21F2N7O4S. The van der Waals surface area contributed by atoms with Gasteiger partial charge in [0.05, 0.1) is 30.8 Å². The second-order valence-electron chi connectivity index (χ2n) is 7.30. The van der Waals surface area contributed by atoms with E-state index in [1.54, 1.807) is 30.3 Å². The van der Waals surface area contributed by atoms with Crippen molar-refractivity contribution in [3.05, 3.63) is 66.1 Å². The summed E-state index contributed by atoms with van der Waals surface area (Å²) in [6, 6.07) is 9.49. The molecule has 0 amide bonds. The van der Waals surface area contributed by atoms with Gasteiger partial charge in [-0.25, -0.2) is 31.9 Å². The van der Waals surface area contributed by atoms with Crippen molar-refractivity contribution in [2.75, 3.05) is 30.8 Å². The van der Waals surface area contributed by atoms with Gasteiger partial charge in [0.25, 0.3) is 0 Å². The molecule has 0 saturated carbocycles. The van der Waals surface area contributed by atoms with Crippen LogP contribution in [0.15, 0.2) is 53.4 Å². The van der Waals surface area contributed by atoms with Gasteiger partial charge >= 0.3 is 0 Å². The van der Waals surface area contributed by atoms with Crippen molar-refractivity contribution in [1.82, 2.24) is 29.6 Å². The number of aliphatic hydroxyl groups excluding tert-OH is 1. The number of aromatic nitrogens is 5. The molecule has 11 nitrogen and oxygen atoms in total. The maximum absolute atomic E-state index is 14.3. The lowest BCUT2D eigenvalue weighted by Crippen LogP contribution is -2.31. The van der Waals surface area contributed by atoms with Crippen LogP contribution < -0.4 is 10.0 Å². The van der Waals surface area contributed by atoms with Crippen LogP contribution >= 0.6 is 0 Å². The van der Waals surface area contributed by atoms with E-state index in [4.69, 9.17) is 9.63 Å². The minimum absolute atomic E-state index is 0.0622.